The maximum Gasteiger partial charge on any atom is 0.262 e. The van der Waals surface area contributed by atoms with Crippen LogP contribution in [0.4, 0.5) is 0 Å². The second kappa shape index (κ2) is 3.91. The van der Waals surface area contributed by atoms with Crippen molar-refractivity contribution in [2.24, 2.45) is 16.1 Å². The number of nitrogens with two attached hydrogens (primary N) is 1. The van der Waals surface area contributed by atoms with Gasteiger partial charge in [-0.1, -0.05) is 19.3 Å². The minimum atomic E-state index is -1.07. The molecule has 1 saturated carbocycles. The van der Waals surface area contributed by atoms with Crippen LogP contribution in [0.5, 0.6) is 0 Å². The van der Waals surface area contributed by atoms with Gasteiger partial charge < -0.3 is 11.1 Å². The second-order valence-corrected chi connectivity index (χ2v) is 5.56. The number of rotatable bonds is 1. The van der Waals surface area contributed by atoms with Gasteiger partial charge in [-0.3, -0.25) is 9.59 Å². The molecule has 3 N–H and O–H groups in total. The predicted octanol–water partition coefficient (Wildman–Crippen LogP) is 0.729. The summed E-state index contributed by atoms with van der Waals surface area (Å²) in [6, 6.07) is 0. The number of nitrogens with one attached hydrogen (secondary N) is 1. The van der Waals surface area contributed by atoms with Gasteiger partial charge in [0.1, 0.15) is 11.3 Å². The molecule has 17 heavy (non-hydrogen) atoms. The van der Waals surface area contributed by atoms with Crippen LogP contribution in [-0.4, -0.2) is 23.2 Å². The summed E-state index contributed by atoms with van der Waals surface area (Å²) in [5.41, 5.74) is 4.55. The van der Waals surface area contributed by atoms with Gasteiger partial charge in [0.05, 0.1) is 5.54 Å². The van der Waals surface area contributed by atoms with E-state index in [2.05, 4.69) is 10.3 Å². The van der Waals surface area contributed by atoms with E-state index in [0.29, 0.717) is 5.84 Å². The molecule has 0 saturated heterocycles. The topological polar surface area (TPSA) is 84.6 Å². The Labute approximate surface area is 101 Å². The molecule has 0 radical (unpaired) electrons. The fraction of sp³-hybridized carbons (Fsp3) is 0.750. The van der Waals surface area contributed by atoms with E-state index < -0.39 is 16.9 Å². The van der Waals surface area contributed by atoms with Gasteiger partial charge in [0.15, 0.2) is 0 Å². The number of amides is 2. The smallest absolute Gasteiger partial charge is 0.262 e. The number of carbonyl (C=O) groups excluding carboxylic acids is 2. The molecule has 1 fully saturated rings. The molecule has 0 unspecified atom stereocenters. The quantitative estimate of drug-likeness (QED) is 0.659. The van der Waals surface area contributed by atoms with E-state index in [1.54, 1.807) is 13.8 Å². The van der Waals surface area contributed by atoms with Crippen LogP contribution in [0.3, 0.4) is 0 Å². The van der Waals surface area contributed by atoms with Gasteiger partial charge in [0, 0.05) is 0 Å². The molecule has 0 atom stereocenters. The Morgan fingerprint density at radius 2 is 1.76 bits per heavy atom. The highest BCUT2D eigenvalue weighted by molar-refractivity contribution is 6.20. The maximum absolute atomic E-state index is 11.9. The minimum absolute atomic E-state index is 0.303. The molecular formula is C12H19N3O2. The van der Waals surface area contributed by atoms with Gasteiger partial charge in [-0.15, -0.1) is 0 Å². The third kappa shape index (κ3) is 1.99. The third-order valence-electron chi connectivity index (χ3n) is 3.76. The monoisotopic (exact) mass is 237 g/mol. The maximum atomic E-state index is 11.9. The number of hydrogen-bond acceptors (Lipinski definition) is 3. The lowest BCUT2D eigenvalue weighted by atomic mass is 9.79. The van der Waals surface area contributed by atoms with Gasteiger partial charge in [0.25, 0.3) is 5.91 Å². The van der Waals surface area contributed by atoms with Crippen LogP contribution in [0.2, 0.25) is 0 Å². The summed E-state index contributed by atoms with van der Waals surface area (Å²) in [5, 5.41) is 2.71. The Bertz CT molecular complexity index is 393. The molecule has 1 aliphatic heterocycles. The van der Waals surface area contributed by atoms with E-state index in [1.807, 2.05) is 0 Å². The Hall–Kier alpha value is -1.23. The normalized spacial score (nSPS) is 27.4. The highest BCUT2D eigenvalue weighted by atomic mass is 16.2. The minimum Gasteiger partial charge on any atom is -0.319 e. The van der Waals surface area contributed by atoms with Crippen molar-refractivity contribution in [2.45, 2.75) is 51.5 Å². The largest absolute Gasteiger partial charge is 0.319 e. The zero-order valence-electron chi connectivity index (χ0n) is 10.4. The summed E-state index contributed by atoms with van der Waals surface area (Å²) in [6.07, 6.45) is 4.74. The van der Waals surface area contributed by atoms with Crippen molar-refractivity contribution >= 4 is 17.6 Å². The fourth-order valence-corrected chi connectivity index (χ4v) is 2.29. The van der Waals surface area contributed by atoms with Crippen LogP contribution in [0.25, 0.3) is 0 Å². The molecule has 2 amide bonds. The van der Waals surface area contributed by atoms with Crippen molar-refractivity contribution in [1.29, 1.82) is 0 Å². The van der Waals surface area contributed by atoms with Crippen LogP contribution in [-0.2, 0) is 9.59 Å². The Morgan fingerprint density at radius 3 is 2.29 bits per heavy atom. The second-order valence-electron chi connectivity index (χ2n) is 5.56. The lowest BCUT2D eigenvalue weighted by Crippen LogP contribution is -2.61. The zero-order chi connectivity index (χ0) is 12.7. The van der Waals surface area contributed by atoms with Gasteiger partial charge in [-0.2, -0.15) is 4.99 Å². The van der Waals surface area contributed by atoms with E-state index >= 15 is 0 Å². The van der Waals surface area contributed by atoms with Gasteiger partial charge >= 0.3 is 0 Å². The fourth-order valence-electron chi connectivity index (χ4n) is 2.29. The number of carbonyl (C=O) groups is 2. The highest BCUT2D eigenvalue weighted by Crippen LogP contribution is 2.30. The average molecular weight is 237 g/mol. The Morgan fingerprint density at radius 1 is 1.18 bits per heavy atom. The summed E-state index contributed by atoms with van der Waals surface area (Å²) < 4.78 is 0. The lowest BCUT2D eigenvalue weighted by Gasteiger charge is -2.37. The van der Waals surface area contributed by atoms with Crippen molar-refractivity contribution in [3.63, 3.8) is 0 Å². The molecule has 2 aliphatic rings. The highest BCUT2D eigenvalue weighted by Gasteiger charge is 2.45. The first kappa shape index (κ1) is 12.2. The molecule has 0 spiro atoms. The summed E-state index contributed by atoms with van der Waals surface area (Å²) >= 11 is 0. The summed E-state index contributed by atoms with van der Waals surface area (Å²) in [5.74, 6) is -0.332. The third-order valence-corrected chi connectivity index (χ3v) is 3.76. The van der Waals surface area contributed by atoms with E-state index in [-0.39, 0.29) is 5.91 Å². The first-order chi connectivity index (χ1) is 7.86. The Balaban J connectivity index is 2.29. The first-order valence-electron chi connectivity index (χ1n) is 6.10. The molecule has 0 aromatic rings. The van der Waals surface area contributed by atoms with Gasteiger partial charge in [0.2, 0.25) is 5.91 Å². The molecule has 94 valence electrons. The molecule has 1 aliphatic carbocycles. The summed E-state index contributed by atoms with van der Waals surface area (Å²) in [6.45, 7) is 3.16. The van der Waals surface area contributed by atoms with E-state index in [1.165, 1.54) is 0 Å². The molecule has 2 rings (SSSR count). The first-order valence-corrected chi connectivity index (χ1v) is 6.10. The number of nitrogens with zero attached hydrogens (tertiary/aromatic N) is 1. The van der Waals surface area contributed by atoms with Gasteiger partial charge in [-0.25, -0.2) is 0 Å². The lowest BCUT2D eigenvalue weighted by molar-refractivity contribution is -0.139. The molecule has 1 heterocycles. The van der Waals surface area contributed by atoms with Crippen molar-refractivity contribution in [1.82, 2.24) is 5.32 Å². The van der Waals surface area contributed by atoms with Crippen molar-refractivity contribution in [3.8, 4) is 0 Å². The zero-order valence-corrected chi connectivity index (χ0v) is 10.4. The number of hydrogen-bond donors (Lipinski definition) is 2. The SMILES string of the molecule is CC1(C)C(=O)N=C(C2(N)CCCCC2)NC1=O. The van der Waals surface area contributed by atoms with Crippen LogP contribution < -0.4 is 11.1 Å². The summed E-state index contributed by atoms with van der Waals surface area (Å²) in [7, 11) is 0. The molecule has 0 bridgehead atoms. The van der Waals surface area contributed by atoms with E-state index in [9.17, 15) is 9.59 Å². The van der Waals surface area contributed by atoms with Crippen LogP contribution in [0, 0.1) is 5.41 Å². The van der Waals surface area contributed by atoms with Crippen molar-refractivity contribution < 1.29 is 9.59 Å². The molecule has 0 aromatic carbocycles. The average Bonchev–Trinajstić information content (AvgIpc) is 2.27. The molecule has 5 nitrogen and oxygen atoms in total. The molecule has 0 aromatic heterocycles. The van der Waals surface area contributed by atoms with Crippen LogP contribution >= 0.6 is 0 Å². The van der Waals surface area contributed by atoms with Crippen molar-refractivity contribution in [3.05, 3.63) is 0 Å². The van der Waals surface area contributed by atoms with E-state index in [0.717, 1.165) is 32.1 Å². The standard InChI is InChI=1S/C12H19N3O2/c1-11(2)9(16)14-8(15-10(11)17)12(13)6-4-3-5-7-12/h3-7,13H2,1-2H3,(H,14,15,16,17). The Kier molecular flexibility index (Phi) is 2.81. The van der Waals surface area contributed by atoms with E-state index in [4.69, 9.17) is 5.73 Å². The number of amidine groups is 1. The number of aliphatic imine (C=N–C) groups is 1. The molecule has 5 heteroatoms. The van der Waals surface area contributed by atoms with Crippen LogP contribution in [0.1, 0.15) is 46.0 Å². The van der Waals surface area contributed by atoms with Crippen molar-refractivity contribution in [2.75, 3.05) is 0 Å². The summed E-state index contributed by atoms with van der Waals surface area (Å²) in [4.78, 5) is 27.7. The predicted molar refractivity (Wildman–Crippen MR) is 64.4 cm³/mol. The van der Waals surface area contributed by atoms with Crippen LogP contribution in [0.15, 0.2) is 4.99 Å². The van der Waals surface area contributed by atoms with Gasteiger partial charge in [-0.05, 0) is 26.7 Å². The molecular weight excluding hydrogens is 218 g/mol.